The summed E-state index contributed by atoms with van der Waals surface area (Å²) in [5.74, 6) is 0.991. The first kappa shape index (κ1) is 15.0. The van der Waals surface area contributed by atoms with Crippen molar-refractivity contribution in [1.29, 1.82) is 0 Å². The van der Waals surface area contributed by atoms with Gasteiger partial charge in [0.25, 0.3) is 0 Å². The number of H-pyrrole nitrogens is 1. The fourth-order valence-corrected chi connectivity index (χ4v) is 1.96. The van der Waals surface area contributed by atoms with E-state index in [0.29, 0.717) is 17.3 Å². The minimum absolute atomic E-state index is 0.0940. The third-order valence-electron chi connectivity index (χ3n) is 3.23. The van der Waals surface area contributed by atoms with Crippen LogP contribution in [0.3, 0.4) is 0 Å². The maximum atomic E-state index is 11.8. The Morgan fingerprint density at radius 2 is 1.87 bits per heavy atom. The summed E-state index contributed by atoms with van der Waals surface area (Å²) in [5.41, 5.74) is 0.577. The number of rotatable bonds is 3. The average Bonchev–Trinajstić information content (AvgIpc) is 3.12. The largest absolute Gasteiger partial charge is 0.385 e. The lowest BCUT2D eigenvalue weighted by atomic mass is 9.93. The summed E-state index contributed by atoms with van der Waals surface area (Å²) in [6.07, 6.45) is 0. The summed E-state index contributed by atoms with van der Waals surface area (Å²) < 4.78 is 10.1. The zero-order valence-corrected chi connectivity index (χ0v) is 13.0. The van der Waals surface area contributed by atoms with Gasteiger partial charge in [-0.3, -0.25) is 0 Å². The number of hydrogen-bond donors (Lipinski definition) is 1. The first-order chi connectivity index (χ1) is 10.9. The van der Waals surface area contributed by atoms with E-state index in [2.05, 4.69) is 20.5 Å². The van der Waals surface area contributed by atoms with Crippen LogP contribution in [0, 0.1) is 0 Å². The smallest absolute Gasteiger partial charge is 0.359 e. The summed E-state index contributed by atoms with van der Waals surface area (Å²) in [7, 11) is 0. The second kappa shape index (κ2) is 5.68. The zero-order valence-electron chi connectivity index (χ0n) is 13.0. The number of benzene rings is 1. The Morgan fingerprint density at radius 3 is 2.52 bits per heavy atom. The Labute approximate surface area is 132 Å². The molecule has 0 saturated heterocycles. The maximum Gasteiger partial charge on any atom is 0.385 e. The van der Waals surface area contributed by atoms with Gasteiger partial charge < -0.3 is 9.05 Å². The van der Waals surface area contributed by atoms with E-state index in [1.807, 2.05) is 51.1 Å². The lowest BCUT2D eigenvalue weighted by Gasteiger charge is -2.11. The number of aromatic nitrogens is 2. The van der Waals surface area contributed by atoms with Gasteiger partial charge in [-0.05, 0) is 0 Å². The Bertz CT molecular complexity index is 882. The first-order valence-electron chi connectivity index (χ1n) is 7.11. The molecule has 2 heterocycles. The highest BCUT2D eigenvalue weighted by molar-refractivity contribution is 5.70. The van der Waals surface area contributed by atoms with E-state index in [9.17, 15) is 4.79 Å². The summed E-state index contributed by atoms with van der Waals surface area (Å²) in [5, 5.41) is 14.3. The maximum absolute atomic E-state index is 11.8. The monoisotopic (exact) mass is 312 g/mol. The van der Waals surface area contributed by atoms with Crippen molar-refractivity contribution in [3.8, 4) is 11.3 Å². The summed E-state index contributed by atoms with van der Waals surface area (Å²) >= 11 is 0. The Morgan fingerprint density at radius 1 is 1.13 bits per heavy atom. The molecular formula is C16H16N4O3. The molecule has 0 radical (unpaired) electrons. The highest BCUT2D eigenvalue weighted by atomic mass is 16.5. The van der Waals surface area contributed by atoms with Gasteiger partial charge in [-0.1, -0.05) is 56.3 Å². The topological polar surface area (TPSA) is 96.8 Å². The highest BCUT2D eigenvalue weighted by Crippen LogP contribution is 2.29. The summed E-state index contributed by atoms with van der Waals surface area (Å²) in [6, 6.07) is 11.0. The van der Waals surface area contributed by atoms with E-state index in [4.69, 9.17) is 9.05 Å². The van der Waals surface area contributed by atoms with E-state index in [0.717, 1.165) is 5.56 Å². The molecule has 23 heavy (non-hydrogen) atoms. The number of aromatic amines is 1. The molecule has 0 atom stereocenters. The predicted molar refractivity (Wildman–Crippen MR) is 84.1 cm³/mol. The van der Waals surface area contributed by atoms with Crippen LogP contribution < -0.4 is 5.63 Å². The van der Waals surface area contributed by atoms with Crippen LogP contribution in [0.4, 0.5) is 11.5 Å². The van der Waals surface area contributed by atoms with Gasteiger partial charge >= 0.3 is 5.63 Å². The molecule has 118 valence electrons. The van der Waals surface area contributed by atoms with Crippen LogP contribution in [0.5, 0.6) is 0 Å². The molecule has 1 N–H and O–H groups in total. The van der Waals surface area contributed by atoms with E-state index in [1.165, 1.54) is 0 Å². The van der Waals surface area contributed by atoms with Crippen LogP contribution in [0.2, 0.25) is 0 Å². The molecule has 0 aliphatic heterocycles. The fourth-order valence-electron chi connectivity index (χ4n) is 1.96. The number of nitrogens with one attached hydrogen (secondary N) is 1. The lowest BCUT2D eigenvalue weighted by molar-refractivity contribution is 0.330. The fraction of sp³-hybridized carbons (Fsp3) is 0.250. The summed E-state index contributed by atoms with van der Waals surface area (Å²) in [4.78, 5) is 11.8. The van der Waals surface area contributed by atoms with Crippen molar-refractivity contribution in [3.63, 3.8) is 0 Å². The standard InChI is InChI=1S/C16H16N4O3/c1-16(2,3)11-9-12(19-22-11)17-18-14-13(20-23-15(14)21)10-7-5-4-6-8-10/h4-9,20H,1-3H3. The van der Waals surface area contributed by atoms with Crippen LogP contribution in [-0.2, 0) is 5.41 Å². The van der Waals surface area contributed by atoms with Crippen molar-refractivity contribution < 1.29 is 9.05 Å². The SMILES string of the molecule is CC(C)(C)c1cc(N=Nc2c(-c3ccccc3)[nH]oc2=O)no1. The zero-order chi connectivity index (χ0) is 16.4. The van der Waals surface area contributed by atoms with Crippen molar-refractivity contribution >= 4 is 11.5 Å². The first-order valence-corrected chi connectivity index (χ1v) is 7.11. The van der Waals surface area contributed by atoms with Crippen molar-refractivity contribution in [2.45, 2.75) is 26.2 Å². The van der Waals surface area contributed by atoms with Crippen molar-refractivity contribution in [2.75, 3.05) is 0 Å². The third kappa shape index (κ3) is 3.13. The van der Waals surface area contributed by atoms with Crippen molar-refractivity contribution in [1.82, 2.24) is 10.3 Å². The molecule has 3 rings (SSSR count). The van der Waals surface area contributed by atoms with Crippen LogP contribution in [0.15, 0.2) is 60.5 Å². The molecule has 0 amide bonds. The lowest BCUT2D eigenvalue weighted by Crippen LogP contribution is -2.08. The molecule has 0 unspecified atom stereocenters. The van der Waals surface area contributed by atoms with Gasteiger partial charge in [-0.15, -0.1) is 10.2 Å². The van der Waals surface area contributed by atoms with Gasteiger partial charge in [0.1, 0.15) is 11.5 Å². The molecule has 0 saturated carbocycles. The van der Waals surface area contributed by atoms with Crippen LogP contribution in [0.1, 0.15) is 26.5 Å². The van der Waals surface area contributed by atoms with Crippen molar-refractivity contribution in [3.05, 3.63) is 52.6 Å². The van der Waals surface area contributed by atoms with Gasteiger partial charge in [0, 0.05) is 17.0 Å². The van der Waals surface area contributed by atoms with Gasteiger partial charge in [0.15, 0.2) is 5.69 Å². The van der Waals surface area contributed by atoms with Gasteiger partial charge in [-0.2, -0.15) is 0 Å². The number of nitrogens with zero attached hydrogens (tertiary/aromatic N) is 3. The van der Waals surface area contributed by atoms with E-state index in [1.54, 1.807) is 6.07 Å². The number of azo groups is 1. The van der Waals surface area contributed by atoms with Gasteiger partial charge in [-0.25, -0.2) is 9.95 Å². The van der Waals surface area contributed by atoms with Gasteiger partial charge in [0.05, 0.1) is 0 Å². The molecule has 0 fully saturated rings. The molecule has 0 aliphatic carbocycles. The predicted octanol–water partition coefficient (Wildman–Crippen LogP) is 4.34. The molecular weight excluding hydrogens is 296 g/mol. The Kier molecular flexibility index (Phi) is 3.69. The van der Waals surface area contributed by atoms with E-state index >= 15 is 0 Å². The van der Waals surface area contributed by atoms with Crippen molar-refractivity contribution in [2.24, 2.45) is 10.2 Å². The molecule has 3 aromatic rings. The molecule has 7 heteroatoms. The highest BCUT2D eigenvalue weighted by Gasteiger charge is 2.20. The average molecular weight is 312 g/mol. The number of hydrogen-bond acceptors (Lipinski definition) is 6. The molecule has 7 nitrogen and oxygen atoms in total. The van der Waals surface area contributed by atoms with Crippen LogP contribution >= 0.6 is 0 Å². The Balaban J connectivity index is 1.93. The van der Waals surface area contributed by atoms with Gasteiger partial charge in [0.2, 0.25) is 5.82 Å². The molecule has 0 spiro atoms. The molecule has 1 aromatic carbocycles. The second-order valence-electron chi connectivity index (χ2n) is 6.08. The molecule has 0 bridgehead atoms. The normalized spacial score (nSPS) is 12.1. The van der Waals surface area contributed by atoms with Crippen LogP contribution in [-0.4, -0.2) is 10.3 Å². The molecule has 0 aliphatic rings. The van der Waals surface area contributed by atoms with Crippen LogP contribution in [0.25, 0.3) is 11.3 Å². The van der Waals surface area contributed by atoms with E-state index in [-0.39, 0.29) is 11.1 Å². The minimum atomic E-state index is -0.591. The molecule has 2 aromatic heterocycles. The second-order valence-corrected chi connectivity index (χ2v) is 6.08. The Hall–Kier alpha value is -2.96. The third-order valence-corrected chi connectivity index (χ3v) is 3.23. The summed E-state index contributed by atoms with van der Waals surface area (Å²) in [6.45, 7) is 6.01. The quantitative estimate of drug-likeness (QED) is 0.727. The van der Waals surface area contributed by atoms with E-state index < -0.39 is 5.63 Å². The minimum Gasteiger partial charge on any atom is -0.359 e.